The normalized spacial score (nSPS) is 14.5. The molecule has 0 radical (unpaired) electrons. The second-order valence-electron chi connectivity index (χ2n) is 5.33. The van der Waals surface area contributed by atoms with Crippen molar-refractivity contribution in [3.05, 3.63) is 59.4 Å². The van der Waals surface area contributed by atoms with Gasteiger partial charge < -0.3 is 5.32 Å². The lowest BCUT2D eigenvalue weighted by Gasteiger charge is -2.10. The Bertz CT molecular complexity index is 608. The molecule has 0 saturated heterocycles. The van der Waals surface area contributed by atoms with Crippen LogP contribution in [0.4, 0.5) is 4.39 Å². The van der Waals surface area contributed by atoms with E-state index in [1.54, 1.807) is 23.9 Å². The summed E-state index contributed by atoms with van der Waals surface area (Å²) >= 11 is 1.70. The van der Waals surface area contributed by atoms with Crippen LogP contribution in [0.5, 0.6) is 0 Å². The van der Waals surface area contributed by atoms with E-state index in [4.69, 9.17) is 0 Å². The maximum Gasteiger partial charge on any atom is 0.123 e. The number of aryl methyl sites for hydroxylation is 1. The first-order valence-corrected chi connectivity index (χ1v) is 7.79. The molecular weight excluding hydrogens is 269 g/mol. The molecule has 0 atom stereocenters. The van der Waals surface area contributed by atoms with E-state index in [1.165, 1.54) is 23.3 Å². The average molecular weight is 287 g/mol. The summed E-state index contributed by atoms with van der Waals surface area (Å²) in [5, 5.41) is 3.46. The van der Waals surface area contributed by atoms with Gasteiger partial charge in [0.25, 0.3) is 0 Å². The molecule has 0 heterocycles. The third-order valence-electron chi connectivity index (χ3n) is 3.40. The highest BCUT2D eigenvalue weighted by Crippen LogP contribution is 2.32. The average Bonchev–Trinajstić information content (AvgIpc) is 3.23. The molecule has 2 aromatic carbocycles. The highest BCUT2D eigenvalue weighted by Gasteiger charge is 2.20. The number of benzene rings is 2. The zero-order valence-electron chi connectivity index (χ0n) is 11.5. The number of nitrogens with one attached hydrogen (secondary N) is 1. The van der Waals surface area contributed by atoms with Gasteiger partial charge in [-0.2, -0.15) is 0 Å². The zero-order chi connectivity index (χ0) is 13.9. The van der Waals surface area contributed by atoms with Crippen molar-refractivity contribution in [3.63, 3.8) is 0 Å². The third kappa shape index (κ3) is 3.62. The Hall–Kier alpha value is -1.32. The second kappa shape index (κ2) is 5.98. The van der Waals surface area contributed by atoms with E-state index in [0.717, 1.165) is 17.0 Å². The lowest BCUT2D eigenvalue weighted by molar-refractivity contribution is 0.616. The highest BCUT2D eigenvalue weighted by atomic mass is 32.2. The second-order valence-corrected chi connectivity index (χ2v) is 6.44. The third-order valence-corrected chi connectivity index (χ3v) is 4.51. The molecule has 3 heteroatoms. The standard InChI is InChI=1S/C17H18FNS/c1-12-3-2-4-16(9-12)20-17-8-5-14(18)10-13(17)11-19-15-6-7-15/h2-5,8-10,15,19H,6-7,11H2,1H3. The first-order valence-electron chi connectivity index (χ1n) is 6.97. The molecule has 104 valence electrons. The van der Waals surface area contributed by atoms with Crippen LogP contribution in [0.25, 0.3) is 0 Å². The van der Waals surface area contributed by atoms with Gasteiger partial charge in [-0.25, -0.2) is 4.39 Å². The molecule has 0 spiro atoms. The summed E-state index contributed by atoms with van der Waals surface area (Å²) in [6, 6.07) is 14.1. The summed E-state index contributed by atoms with van der Waals surface area (Å²) in [4.78, 5) is 2.33. The maximum atomic E-state index is 13.5. The Morgan fingerprint density at radius 1 is 1.20 bits per heavy atom. The first-order chi connectivity index (χ1) is 9.70. The molecule has 0 aliphatic heterocycles. The molecule has 3 rings (SSSR count). The number of hydrogen-bond acceptors (Lipinski definition) is 2. The fourth-order valence-electron chi connectivity index (χ4n) is 2.13. The number of hydrogen-bond donors (Lipinski definition) is 1. The van der Waals surface area contributed by atoms with Crippen molar-refractivity contribution in [2.45, 2.75) is 42.1 Å². The molecule has 0 unspecified atom stereocenters. The lowest BCUT2D eigenvalue weighted by Crippen LogP contribution is -2.15. The van der Waals surface area contributed by atoms with Crippen molar-refractivity contribution in [1.82, 2.24) is 5.32 Å². The molecule has 1 nitrogen and oxygen atoms in total. The molecule has 20 heavy (non-hydrogen) atoms. The van der Waals surface area contributed by atoms with Gasteiger partial charge in [0, 0.05) is 22.4 Å². The monoisotopic (exact) mass is 287 g/mol. The summed E-state index contributed by atoms with van der Waals surface area (Å²) in [5.41, 5.74) is 2.29. The Morgan fingerprint density at radius 3 is 2.80 bits per heavy atom. The van der Waals surface area contributed by atoms with Crippen molar-refractivity contribution in [2.75, 3.05) is 0 Å². The molecular formula is C17H18FNS. The van der Waals surface area contributed by atoms with Crippen LogP contribution in [0.2, 0.25) is 0 Å². The van der Waals surface area contributed by atoms with E-state index in [2.05, 4.69) is 36.5 Å². The highest BCUT2D eigenvalue weighted by molar-refractivity contribution is 7.99. The van der Waals surface area contributed by atoms with Crippen molar-refractivity contribution in [1.29, 1.82) is 0 Å². The van der Waals surface area contributed by atoms with E-state index in [-0.39, 0.29) is 5.82 Å². The largest absolute Gasteiger partial charge is 0.310 e. The maximum absolute atomic E-state index is 13.5. The fraction of sp³-hybridized carbons (Fsp3) is 0.294. The zero-order valence-corrected chi connectivity index (χ0v) is 12.3. The lowest BCUT2D eigenvalue weighted by atomic mass is 10.2. The van der Waals surface area contributed by atoms with Gasteiger partial charge in [-0.05, 0) is 55.7 Å². The Morgan fingerprint density at radius 2 is 2.05 bits per heavy atom. The smallest absolute Gasteiger partial charge is 0.123 e. The fourth-order valence-corrected chi connectivity index (χ4v) is 3.18. The van der Waals surface area contributed by atoms with E-state index < -0.39 is 0 Å². The Kier molecular flexibility index (Phi) is 4.08. The van der Waals surface area contributed by atoms with Gasteiger partial charge in [-0.1, -0.05) is 29.5 Å². The van der Waals surface area contributed by atoms with E-state index in [9.17, 15) is 4.39 Å². The van der Waals surface area contributed by atoms with Crippen LogP contribution in [0.15, 0.2) is 52.3 Å². The van der Waals surface area contributed by atoms with E-state index in [0.29, 0.717) is 6.04 Å². The van der Waals surface area contributed by atoms with Crippen molar-refractivity contribution < 1.29 is 4.39 Å². The number of rotatable bonds is 5. The summed E-state index contributed by atoms with van der Waals surface area (Å²) in [7, 11) is 0. The van der Waals surface area contributed by atoms with Crippen LogP contribution < -0.4 is 5.32 Å². The summed E-state index contributed by atoms with van der Waals surface area (Å²) in [5.74, 6) is -0.161. The van der Waals surface area contributed by atoms with Crippen LogP contribution in [0.1, 0.15) is 24.0 Å². The minimum atomic E-state index is -0.161. The van der Waals surface area contributed by atoms with Gasteiger partial charge in [0.15, 0.2) is 0 Å². The van der Waals surface area contributed by atoms with Gasteiger partial charge in [0.05, 0.1) is 0 Å². The molecule has 1 saturated carbocycles. The molecule has 2 aromatic rings. The van der Waals surface area contributed by atoms with E-state index in [1.807, 2.05) is 6.07 Å². The van der Waals surface area contributed by atoms with Gasteiger partial charge in [-0.15, -0.1) is 0 Å². The first kappa shape index (κ1) is 13.7. The minimum absolute atomic E-state index is 0.161. The van der Waals surface area contributed by atoms with Crippen LogP contribution in [0, 0.1) is 12.7 Å². The molecule has 1 fully saturated rings. The van der Waals surface area contributed by atoms with Crippen LogP contribution >= 0.6 is 11.8 Å². The van der Waals surface area contributed by atoms with Gasteiger partial charge in [0.1, 0.15) is 5.82 Å². The molecule has 0 amide bonds. The SMILES string of the molecule is Cc1cccc(Sc2ccc(F)cc2CNC2CC2)c1. The van der Waals surface area contributed by atoms with Crippen molar-refractivity contribution >= 4 is 11.8 Å². The summed E-state index contributed by atoms with van der Waals surface area (Å²) in [6.45, 7) is 2.83. The summed E-state index contributed by atoms with van der Waals surface area (Å²) in [6.07, 6.45) is 2.49. The van der Waals surface area contributed by atoms with Crippen molar-refractivity contribution in [2.24, 2.45) is 0 Å². The van der Waals surface area contributed by atoms with Crippen molar-refractivity contribution in [3.8, 4) is 0 Å². The predicted molar refractivity (Wildman–Crippen MR) is 81.6 cm³/mol. The number of halogens is 1. The Balaban J connectivity index is 1.79. The quantitative estimate of drug-likeness (QED) is 0.866. The minimum Gasteiger partial charge on any atom is -0.310 e. The van der Waals surface area contributed by atoms with Gasteiger partial charge >= 0.3 is 0 Å². The molecule has 1 N–H and O–H groups in total. The molecule has 1 aliphatic carbocycles. The van der Waals surface area contributed by atoms with Crippen LogP contribution in [-0.4, -0.2) is 6.04 Å². The molecule has 0 bridgehead atoms. The Labute approximate surface area is 123 Å². The molecule has 0 aromatic heterocycles. The molecule has 1 aliphatic rings. The van der Waals surface area contributed by atoms with E-state index >= 15 is 0 Å². The van der Waals surface area contributed by atoms with Gasteiger partial charge in [-0.3, -0.25) is 0 Å². The van der Waals surface area contributed by atoms with Gasteiger partial charge in [0.2, 0.25) is 0 Å². The predicted octanol–water partition coefficient (Wildman–Crippen LogP) is 4.54. The van der Waals surface area contributed by atoms with Crippen LogP contribution in [0.3, 0.4) is 0 Å². The topological polar surface area (TPSA) is 12.0 Å². The van der Waals surface area contributed by atoms with Crippen LogP contribution in [-0.2, 0) is 6.54 Å². The summed E-state index contributed by atoms with van der Waals surface area (Å²) < 4.78 is 13.5.